The first-order valence-electron chi connectivity index (χ1n) is 8.23. The number of nitrogens with one attached hydrogen (secondary N) is 1. The number of nitrogens with zero attached hydrogens (tertiary/aromatic N) is 1. The molecular formula is C18H27ClN2O2. The molecule has 0 aromatic heterocycles. The Kier molecular flexibility index (Phi) is 8.10. The van der Waals surface area contributed by atoms with E-state index in [9.17, 15) is 9.59 Å². The summed E-state index contributed by atoms with van der Waals surface area (Å²) in [5, 5.41) is 3.60. The van der Waals surface area contributed by atoms with Crippen molar-refractivity contribution in [2.24, 2.45) is 0 Å². The molecule has 0 aliphatic heterocycles. The minimum absolute atomic E-state index is 0.00532. The SMILES string of the molecule is CCCC(=O)N(Cc1ccc(Cl)cc1)[C@H](C)C(=O)N[C@H](C)CC. The van der Waals surface area contributed by atoms with E-state index in [1.54, 1.807) is 24.0 Å². The summed E-state index contributed by atoms with van der Waals surface area (Å²) in [6, 6.07) is 6.95. The van der Waals surface area contributed by atoms with Gasteiger partial charge in [-0.05, 0) is 44.4 Å². The van der Waals surface area contributed by atoms with Gasteiger partial charge in [0.25, 0.3) is 0 Å². The molecule has 2 atom stereocenters. The van der Waals surface area contributed by atoms with Gasteiger partial charge >= 0.3 is 0 Å². The van der Waals surface area contributed by atoms with Crippen molar-refractivity contribution in [3.8, 4) is 0 Å². The normalized spacial score (nSPS) is 13.3. The lowest BCUT2D eigenvalue weighted by atomic mass is 10.1. The Morgan fingerprint density at radius 2 is 1.78 bits per heavy atom. The minimum atomic E-state index is -0.501. The Bertz CT molecular complexity index is 516. The number of carbonyl (C=O) groups is 2. The largest absolute Gasteiger partial charge is 0.352 e. The Labute approximate surface area is 144 Å². The molecule has 4 nitrogen and oxygen atoms in total. The summed E-state index contributed by atoms with van der Waals surface area (Å²) < 4.78 is 0. The highest BCUT2D eigenvalue weighted by Crippen LogP contribution is 2.15. The molecule has 0 unspecified atom stereocenters. The van der Waals surface area contributed by atoms with Gasteiger partial charge in [0.15, 0.2) is 0 Å². The van der Waals surface area contributed by atoms with Gasteiger partial charge in [-0.1, -0.05) is 37.6 Å². The molecule has 128 valence electrons. The zero-order valence-electron chi connectivity index (χ0n) is 14.4. The molecule has 1 aromatic rings. The molecule has 1 aromatic carbocycles. The van der Waals surface area contributed by atoms with Crippen LogP contribution in [0, 0.1) is 0 Å². The lowest BCUT2D eigenvalue weighted by molar-refractivity contribution is -0.140. The van der Waals surface area contributed by atoms with Gasteiger partial charge in [-0.3, -0.25) is 9.59 Å². The first kappa shape index (κ1) is 19.5. The standard InChI is InChI=1S/C18H27ClN2O2/c1-5-7-17(22)21(12-15-8-10-16(19)11-9-15)14(4)18(23)20-13(3)6-2/h8-11,13-14H,5-7,12H2,1-4H3,(H,20,23)/t13-,14-/m1/s1. The molecule has 0 saturated carbocycles. The van der Waals surface area contributed by atoms with Gasteiger partial charge in [0, 0.05) is 24.0 Å². The zero-order chi connectivity index (χ0) is 17.4. The molecule has 1 rings (SSSR count). The van der Waals surface area contributed by atoms with Gasteiger partial charge in [-0.2, -0.15) is 0 Å². The van der Waals surface area contributed by atoms with Crippen LogP contribution in [0.5, 0.6) is 0 Å². The van der Waals surface area contributed by atoms with Crippen LogP contribution >= 0.6 is 11.6 Å². The second-order valence-corrected chi connectivity index (χ2v) is 6.33. The maximum Gasteiger partial charge on any atom is 0.242 e. The molecule has 0 spiro atoms. The van der Waals surface area contributed by atoms with E-state index in [2.05, 4.69) is 5.32 Å². The molecule has 0 heterocycles. The monoisotopic (exact) mass is 338 g/mol. The van der Waals surface area contributed by atoms with E-state index in [1.165, 1.54) is 0 Å². The third kappa shape index (κ3) is 6.22. The van der Waals surface area contributed by atoms with Crippen LogP contribution in [-0.4, -0.2) is 28.8 Å². The Balaban J connectivity index is 2.88. The zero-order valence-corrected chi connectivity index (χ0v) is 15.2. The summed E-state index contributed by atoms with van der Waals surface area (Å²) in [5.41, 5.74) is 0.960. The number of rotatable bonds is 8. The predicted molar refractivity (Wildman–Crippen MR) is 94.3 cm³/mol. The van der Waals surface area contributed by atoms with Crippen molar-refractivity contribution < 1.29 is 9.59 Å². The van der Waals surface area contributed by atoms with Crippen molar-refractivity contribution in [2.75, 3.05) is 0 Å². The molecule has 0 radical (unpaired) electrons. The van der Waals surface area contributed by atoms with Crippen molar-refractivity contribution in [1.29, 1.82) is 0 Å². The molecule has 2 amide bonds. The fourth-order valence-corrected chi connectivity index (χ4v) is 2.32. The van der Waals surface area contributed by atoms with Gasteiger partial charge in [-0.15, -0.1) is 0 Å². The molecule has 0 bridgehead atoms. The first-order valence-corrected chi connectivity index (χ1v) is 8.61. The molecule has 1 N–H and O–H groups in total. The van der Waals surface area contributed by atoms with Crippen LogP contribution in [0.15, 0.2) is 24.3 Å². The number of hydrogen-bond donors (Lipinski definition) is 1. The molecule has 5 heteroatoms. The van der Waals surface area contributed by atoms with Crippen LogP contribution in [-0.2, 0) is 16.1 Å². The molecule has 0 aliphatic carbocycles. The van der Waals surface area contributed by atoms with Crippen molar-refractivity contribution in [3.05, 3.63) is 34.9 Å². The highest BCUT2D eigenvalue weighted by atomic mass is 35.5. The number of amides is 2. The summed E-state index contributed by atoms with van der Waals surface area (Å²) in [5.74, 6) is -0.119. The van der Waals surface area contributed by atoms with Gasteiger partial charge in [-0.25, -0.2) is 0 Å². The van der Waals surface area contributed by atoms with Crippen LogP contribution in [0.4, 0.5) is 0 Å². The van der Waals surface area contributed by atoms with E-state index < -0.39 is 6.04 Å². The van der Waals surface area contributed by atoms with Crippen LogP contribution in [0.1, 0.15) is 52.5 Å². The topological polar surface area (TPSA) is 49.4 Å². The third-order valence-electron chi connectivity index (χ3n) is 3.90. The molecular weight excluding hydrogens is 312 g/mol. The number of hydrogen-bond acceptors (Lipinski definition) is 2. The summed E-state index contributed by atoms with van der Waals surface area (Å²) in [7, 11) is 0. The lowest BCUT2D eigenvalue weighted by Gasteiger charge is -2.29. The van der Waals surface area contributed by atoms with Crippen molar-refractivity contribution in [3.63, 3.8) is 0 Å². The van der Waals surface area contributed by atoms with Crippen LogP contribution in [0.25, 0.3) is 0 Å². The molecule has 23 heavy (non-hydrogen) atoms. The first-order chi connectivity index (χ1) is 10.9. The number of benzene rings is 1. The maximum atomic E-state index is 12.4. The van der Waals surface area contributed by atoms with Crippen LogP contribution in [0.2, 0.25) is 5.02 Å². The van der Waals surface area contributed by atoms with Crippen LogP contribution < -0.4 is 5.32 Å². The van der Waals surface area contributed by atoms with E-state index in [0.29, 0.717) is 18.0 Å². The van der Waals surface area contributed by atoms with Crippen molar-refractivity contribution in [2.45, 2.75) is 65.6 Å². The van der Waals surface area contributed by atoms with Crippen LogP contribution in [0.3, 0.4) is 0 Å². The Morgan fingerprint density at radius 1 is 1.17 bits per heavy atom. The molecule has 0 saturated heterocycles. The van der Waals surface area contributed by atoms with Crippen molar-refractivity contribution in [1.82, 2.24) is 10.2 Å². The highest BCUT2D eigenvalue weighted by Gasteiger charge is 2.26. The average molecular weight is 339 g/mol. The predicted octanol–water partition coefficient (Wildman–Crippen LogP) is 3.77. The van der Waals surface area contributed by atoms with E-state index in [0.717, 1.165) is 18.4 Å². The van der Waals surface area contributed by atoms with E-state index >= 15 is 0 Å². The number of carbonyl (C=O) groups excluding carboxylic acids is 2. The average Bonchev–Trinajstić information content (AvgIpc) is 2.53. The minimum Gasteiger partial charge on any atom is -0.352 e. The lowest BCUT2D eigenvalue weighted by Crippen LogP contribution is -2.49. The summed E-state index contributed by atoms with van der Waals surface area (Å²) in [6.45, 7) is 8.12. The fraction of sp³-hybridized carbons (Fsp3) is 0.556. The Hall–Kier alpha value is -1.55. The van der Waals surface area contributed by atoms with E-state index in [1.807, 2.05) is 32.9 Å². The smallest absolute Gasteiger partial charge is 0.242 e. The third-order valence-corrected chi connectivity index (χ3v) is 4.15. The second-order valence-electron chi connectivity index (χ2n) is 5.89. The van der Waals surface area contributed by atoms with E-state index in [4.69, 9.17) is 11.6 Å². The van der Waals surface area contributed by atoms with Gasteiger partial charge in [0.1, 0.15) is 6.04 Å². The number of halogens is 1. The summed E-state index contributed by atoms with van der Waals surface area (Å²) in [6.07, 6.45) is 2.06. The van der Waals surface area contributed by atoms with Crippen molar-refractivity contribution >= 4 is 23.4 Å². The Morgan fingerprint density at radius 3 is 2.30 bits per heavy atom. The maximum absolute atomic E-state index is 12.4. The van der Waals surface area contributed by atoms with Gasteiger partial charge < -0.3 is 10.2 Å². The van der Waals surface area contributed by atoms with Gasteiger partial charge in [0.05, 0.1) is 0 Å². The van der Waals surface area contributed by atoms with E-state index in [-0.39, 0.29) is 17.9 Å². The summed E-state index contributed by atoms with van der Waals surface area (Å²) in [4.78, 5) is 26.5. The molecule has 0 aliphatic rings. The quantitative estimate of drug-likeness (QED) is 0.784. The summed E-state index contributed by atoms with van der Waals surface area (Å²) >= 11 is 5.90. The second kappa shape index (κ2) is 9.56. The highest BCUT2D eigenvalue weighted by molar-refractivity contribution is 6.30. The molecule has 0 fully saturated rings. The van der Waals surface area contributed by atoms with Gasteiger partial charge in [0.2, 0.25) is 11.8 Å². The fourth-order valence-electron chi connectivity index (χ4n) is 2.19.